The number of amides is 2. The molecule has 0 bridgehead atoms. The first-order valence-corrected chi connectivity index (χ1v) is 12.0. The minimum absolute atomic E-state index is 0.0334. The molecule has 2 amide bonds. The predicted molar refractivity (Wildman–Crippen MR) is 120 cm³/mol. The van der Waals surface area contributed by atoms with Crippen molar-refractivity contribution in [2.24, 2.45) is 5.16 Å². The number of likely N-dealkylation sites (N-methyl/N-ethyl adjacent to an activating group) is 1. The number of likely N-dealkylation sites (tertiary alicyclic amines) is 1. The van der Waals surface area contributed by atoms with Gasteiger partial charge in [-0.25, -0.2) is 9.78 Å². The number of nitrogens with one attached hydrogen (secondary N) is 1. The number of aliphatic carboxylic acids is 1. The summed E-state index contributed by atoms with van der Waals surface area (Å²) < 4.78 is 0.777. The number of fused-ring (bicyclic) bond motifs is 1. The standard InChI is InChI=1S/C19H24N6O5S2/c1-25(5-3-4-6-25)7-12-15(18(28)29)24-11(9-31-12)14(17(24)27)22-16(26)13(23-30-2)10-8-32-19(20)21-10/h8,11,14H,3-7,9H2,1-2H3,(H3-,20,21,22,26,28,29)/p+1. The maximum atomic E-state index is 12.9. The first-order chi connectivity index (χ1) is 15.2. The number of anilines is 1. The molecule has 11 nitrogen and oxygen atoms in total. The highest BCUT2D eigenvalue weighted by atomic mass is 32.2. The quantitative estimate of drug-likeness (QED) is 0.214. The van der Waals surface area contributed by atoms with Gasteiger partial charge >= 0.3 is 5.97 Å². The fourth-order valence-corrected chi connectivity index (χ4v) is 6.37. The molecule has 0 aromatic carbocycles. The molecule has 172 valence electrons. The molecule has 4 heterocycles. The Morgan fingerprint density at radius 1 is 1.44 bits per heavy atom. The smallest absolute Gasteiger partial charge is 0.353 e. The lowest BCUT2D eigenvalue weighted by atomic mass is 9.94. The minimum atomic E-state index is -1.12. The van der Waals surface area contributed by atoms with Gasteiger partial charge in [-0.3, -0.25) is 14.5 Å². The monoisotopic (exact) mass is 481 g/mol. The fourth-order valence-electron chi connectivity index (χ4n) is 4.39. The van der Waals surface area contributed by atoms with Crippen molar-refractivity contribution in [1.82, 2.24) is 15.2 Å². The Balaban J connectivity index is 1.52. The zero-order chi connectivity index (χ0) is 23.0. The highest BCUT2D eigenvalue weighted by molar-refractivity contribution is 8.03. The molecule has 0 radical (unpaired) electrons. The van der Waals surface area contributed by atoms with Crippen molar-refractivity contribution >= 4 is 51.7 Å². The van der Waals surface area contributed by atoms with E-state index in [-0.39, 0.29) is 22.2 Å². The molecular weight excluding hydrogens is 456 g/mol. The average Bonchev–Trinajstić information content (AvgIpc) is 3.37. The second-order valence-corrected chi connectivity index (χ2v) is 10.2. The Bertz CT molecular complexity index is 1020. The molecule has 4 rings (SSSR count). The molecule has 2 atom stereocenters. The van der Waals surface area contributed by atoms with Crippen molar-refractivity contribution < 1.29 is 28.8 Å². The molecule has 1 aromatic heterocycles. The van der Waals surface area contributed by atoms with Gasteiger partial charge in [-0.05, 0) is 0 Å². The van der Waals surface area contributed by atoms with Crippen LogP contribution in [0.2, 0.25) is 0 Å². The zero-order valence-corrected chi connectivity index (χ0v) is 19.4. The van der Waals surface area contributed by atoms with E-state index in [1.54, 1.807) is 5.38 Å². The van der Waals surface area contributed by atoms with Gasteiger partial charge in [-0.15, -0.1) is 23.1 Å². The van der Waals surface area contributed by atoms with E-state index < -0.39 is 29.9 Å². The number of carboxylic acid groups (broad SMARTS) is 1. The summed E-state index contributed by atoms with van der Waals surface area (Å²) >= 11 is 2.60. The van der Waals surface area contributed by atoms with Crippen molar-refractivity contribution in [3.63, 3.8) is 0 Å². The van der Waals surface area contributed by atoms with Crippen LogP contribution in [0.5, 0.6) is 0 Å². The molecule has 0 aliphatic carbocycles. The Hall–Kier alpha value is -2.64. The van der Waals surface area contributed by atoms with Crippen molar-refractivity contribution in [2.45, 2.75) is 24.9 Å². The molecule has 2 fully saturated rings. The van der Waals surface area contributed by atoms with Gasteiger partial charge in [0.2, 0.25) is 0 Å². The van der Waals surface area contributed by atoms with Crippen LogP contribution in [-0.2, 0) is 19.2 Å². The third kappa shape index (κ3) is 4.07. The normalized spacial score (nSPS) is 24.8. The Labute approximate surface area is 192 Å². The number of carboxylic acids is 1. The van der Waals surface area contributed by atoms with Crippen LogP contribution in [0.4, 0.5) is 5.13 Å². The van der Waals surface area contributed by atoms with Gasteiger partial charge < -0.3 is 25.5 Å². The van der Waals surface area contributed by atoms with Crippen molar-refractivity contribution in [3.05, 3.63) is 21.7 Å². The van der Waals surface area contributed by atoms with E-state index in [0.717, 1.165) is 46.7 Å². The van der Waals surface area contributed by atoms with Crippen LogP contribution in [-0.4, -0.2) is 94.6 Å². The van der Waals surface area contributed by atoms with E-state index >= 15 is 0 Å². The van der Waals surface area contributed by atoms with Gasteiger partial charge in [0.25, 0.3) is 11.8 Å². The number of nitrogens with zero attached hydrogens (tertiary/aromatic N) is 4. The number of aromatic nitrogens is 1. The Morgan fingerprint density at radius 2 is 2.16 bits per heavy atom. The zero-order valence-electron chi connectivity index (χ0n) is 17.7. The summed E-state index contributed by atoms with van der Waals surface area (Å²) in [5.74, 6) is -1.71. The number of nitrogens with two attached hydrogens (primary N) is 1. The molecule has 0 spiro atoms. The van der Waals surface area contributed by atoms with Crippen LogP contribution >= 0.6 is 23.1 Å². The Morgan fingerprint density at radius 3 is 2.75 bits per heavy atom. The van der Waals surface area contributed by atoms with Crippen LogP contribution in [0.1, 0.15) is 18.5 Å². The largest absolute Gasteiger partial charge is 0.477 e. The number of carbonyl (C=O) groups excluding carboxylic acids is 2. The summed E-state index contributed by atoms with van der Waals surface area (Å²) in [5, 5.41) is 18.1. The number of thiazole rings is 1. The third-order valence-electron chi connectivity index (χ3n) is 5.98. The van der Waals surface area contributed by atoms with Gasteiger partial charge in [-0.1, -0.05) is 5.16 Å². The number of β-lactam (4-membered cyclic amide) rings is 1. The van der Waals surface area contributed by atoms with Gasteiger partial charge in [0.05, 0.1) is 31.1 Å². The van der Waals surface area contributed by atoms with Crippen LogP contribution in [0, 0.1) is 0 Å². The maximum Gasteiger partial charge on any atom is 0.353 e. The van der Waals surface area contributed by atoms with Gasteiger partial charge in [0, 0.05) is 24.0 Å². The first kappa shape index (κ1) is 22.6. The molecule has 3 aliphatic heterocycles. The maximum absolute atomic E-state index is 12.9. The number of nitrogen functional groups attached to an aromatic ring is 1. The summed E-state index contributed by atoms with van der Waals surface area (Å²) in [6.07, 6.45) is 2.23. The van der Waals surface area contributed by atoms with Crippen LogP contribution in [0.25, 0.3) is 0 Å². The second-order valence-electron chi connectivity index (χ2n) is 8.24. The van der Waals surface area contributed by atoms with E-state index in [4.69, 9.17) is 10.6 Å². The fraction of sp³-hybridized carbons (Fsp3) is 0.526. The molecule has 32 heavy (non-hydrogen) atoms. The molecule has 0 saturated carbocycles. The average molecular weight is 482 g/mol. The lowest BCUT2D eigenvalue weighted by Crippen LogP contribution is -2.73. The number of quaternary nitrogens is 1. The lowest BCUT2D eigenvalue weighted by molar-refractivity contribution is -0.892. The molecule has 13 heteroatoms. The van der Waals surface area contributed by atoms with Crippen LogP contribution in [0.3, 0.4) is 0 Å². The highest BCUT2D eigenvalue weighted by Crippen LogP contribution is 2.40. The molecule has 1 aromatic rings. The van der Waals surface area contributed by atoms with Gasteiger partial charge in [0.15, 0.2) is 10.8 Å². The summed E-state index contributed by atoms with van der Waals surface area (Å²) in [6, 6.07) is -1.29. The third-order valence-corrected chi connectivity index (χ3v) is 7.83. The summed E-state index contributed by atoms with van der Waals surface area (Å²) in [6.45, 7) is 2.58. The topological polar surface area (TPSA) is 147 Å². The van der Waals surface area contributed by atoms with Gasteiger partial charge in [-0.2, -0.15) is 0 Å². The van der Waals surface area contributed by atoms with E-state index in [1.165, 1.54) is 23.8 Å². The number of hydrogen-bond donors (Lipinski definition) is 3. The summed E-state index contributed by atoms with van der Waals surface area (Å²) in [7, 11) is 3.42. The van der Waals surface area contributed by atoms with E-state index in [9.17, 15) is 19.5 Å². The minimum Gasteiger partial charge on any atom is -0.477 e. The summed E-state index contributed by atoms with van der Waals surface area (Å²) in [5.41, 5.74) is 5.81. The predicted octanol–water partition coefficient (Wildman–Crippen LogP) is 0.0548. The van der Waals surface area contributed by atoms with Crippen molar-refractivity contribution in [1.29, 1.82) is 0 Å². The second kappa shape index (κ2) is 8.71. The Kier molecular flexibility index (Phi) is 6.14. The number of rotatable bonds is 7. The summed E-state index contributed by atoms with van der Waals surface area (Å²) in [4.78, 5) is 48.6. The van der Waals surface area contributed by atoms with Crippen LogP contribution in [0.15, 0.2) is 21.1 Å². The SMILES string of the molecule is CON=C(C(=O)NC1C(=O)N2C(C(=O)O)=C(C[N+]3(C)CCCC3)SCC12)c1csc(N)n1. The number of thioether (sulfide) groups is 1. The van der Waals surface area contributed by atoms with E-state index in [0.29, 0.717) is 12.3 Å². The number of oxime groups is 1. The molecule has 2 saturated heterocycles. The van der Waals surface area contributed by atoms with Gasteiger partial charge in [0.1, 0.15) is 31.1 Å². The van der Waals surface area contributed by atoms with E-state index in [1.807, 2.05) is 0 Å². The number of hydrogen-bond acceptors (Lipinski definition) is 9. The number of carbonyl (C=O) groups is 3. The molecule has 2 unspecified atom stereocenters. The first-order valence-electron chi connectivity index (χ1n) is 10.1. The molecule has 4 N–H and O–H groups in total. The van der Waals surface area contributed by atoms with Crippen molar-refractivity contribution in [2.75, 3.05) is 45.3 Å². The highest BCUT2D eigenvalue weighted by Gasteiger charge is 2.54. The lowest BCUT2D eigenvalue weighted by Gasteiger charge is -2.50. The van der Waals surface area contributed by atoms with Crippen LogP contribution < -0.4 is 11.1 Å². The van der Waals surface area contributed by atoms with E-state index in [2.05, 4.69) is 22.5 Å². The van der Waals surface area contributed by atoms with Crippen molar-refractivity contribution in [3.8, 4) is 0 Å². The molecular formula is C19H25N6O5S2+. The molecule has 3 aliphatic rings.